The van der Waals surface area contributed by atoms with Crippen LogP contribution in [-0.2, 0) is 6.42 Å². The lowest BCUT2D eigenvalue weighted by molar-refractivity contribution is 0.380. The summed E-state index contributed by atoms with van der Waals surface area (Å²) >= 11 is 5.87. The number of aryl methyl sites for hydroxylation is 1. The Kier molecular flexibility index (Phi) is 5.30. The predicted molar refractivity (Wildman–Crippen MR) is 99.7 cm³/mol. The highest BCUT2D eigenvalue weighted by Gasteiger charge is 2.08. The molecule has 0 bridgehead atoms. The molecule has 25 heavy (non-hydrogen) atoms. The number of nitrogens with zero attached hydrogens (tertiary/aromatic N) is 3. The molecule has 0 spiro atoms. The highest BCUT2D eigenvalue weighted by molar-refractivity contribution is 6.30. The van der Waals surface area contributed by atoms with Crippen molar-refractivity contribution in [1.82, 2.24) is 10.1 Å². The van der Waals surface area contributed by atoms with E-state index >= 15 is 0 Å². The van der Waals surface area contributed by atoms with E-state index in [4.69, 9.17) is 21.9 Å². The molecule has 0 aliphatic carbocycles. The fourth-order valence-electron chi connectivity index (χ4n) is 2.17. The van der Waals surface area contributed by atoms with Gasteiger partial charge in [-0.15, -0.1) is 0 Å². The Bertz CT molecular complexity index is 856. The highest BCUT2D eigenvalue weighted by atomic mass is 35.5. The Balaban J connectivity index is 1.55. The smallest absolute Gasteiger partial charge is 0.228 e. The summed E-state index contributed by atoms with van der Waals surface area (Å²) in [6, 6.07) is 15.2. The maximum Gasteiger partial charge on any atom is 0.228 e. The van der Waals surface area contributed by atoms with E-state index in [-0.39, 0.29) is 0 Å². The van der Waals surface area contributed by atoms with E-state index in [1.807, 2.05) is 43.3 Å². The Labute approximate surface area is 150 Å². The van der Waals surface area contributed by atoms with Gasteiger partial charge in [0.2, 0.25) is 11.7 Å². The Hall–Kier alpha value is -2.86. The van der Waals surface area contributed by atoms with Crippen molar-refractivity contribution in [3.8, 4) is 11.4 Å². The van der Waals surface area contributed by atoms with Gasteiger partial charge in [0.15, 0.2) is 5.96 Å². The van der Waals surface area contributed by atoms with Crippen LogP contribution in [0, 0.1) is 6.92 Å². The predicted octanol–water partition coefficient (Wildman–Crippen LogP) is 3.67. The molecule has 0 saturated carbocycles. The van der Waals surface area contributed by atoms with Gasteiger partial charge in [0, 0.05) is 22.7 Å². The SMILES string of the molecule is Cc1ccc(NC(N)=NCCc2nc(-c3ccc(Cl)cc3)no2)cc1. The zero-order valence-corrected chi connectivity index (χ0v) is 14.5. The summed E-state index contributed by atoms with van der Waals surface area (Å²) in [5, 5.41) is 7.67. The minimum absolute atomic E-state index is 0.348. The van der Waals surface area contributed by atoms with Gasteiger partial charge in [-0.3, -0.25) is 4.99 Å². The molecule has 0 aliphatic rings. The van der Waals surface area contributed by atoms with Crippen LogP contribution in [0.5, 0.6) is 0 Å². The molecule has 3 aromatic rings. The van der Waals surface area contributed by atoms with E-state index in [0.717, 1.165) is 11.3 Å². The molecule has 1 heterocycles. The molecule has 2 aromatic carbocycles. The van der Waals surface area contributed by atoms with Crippen LogP contribution >= 0.6 is 11.6 Å². The molecule has 0 aliphatic heterocycles. The molecule has 0 amide bonds. The molecule has 128 valence electrons. The summed E-state index contributed by atoms with van der Waals surface area (Å²) in [6.07, 6.45) is 0.511. The van der Waals surface area contributed by atoms with Crippen LogP contribution in [0.3, 0.4) is 0 Å². The monoisotopic (exact) mass is 355 g/mol. The summed E-state index contributed by atoms with van der Waals surface area (Å²) in [5.41, 5.74) is 8.82. The molecule has 3 N–H and O–H groups in total. The molecule has 1 aromatic heterocycles. The molecule has 0 atom stereocenters. The zero-order chi connectivity index (χ0) is 17.6. The lowest BCUT2D eigenvalue weighted by Crippen LogP contribution is -2.23. The first-order chi connectivity index (χ1) is 12.1. The van der Waals surface area contributed by atoms with Crippen molar-refractivity contribution in [1.29, 1.82) is 0 Å². The van der Waals surface area contributed by atoms with Crippen LogP contribution in [0.25, 0.3) is 11.4 Å². The summed E-state index contributed by atoms with van der Waals surface area (Å²) in [4.78, 5) is 8.62. The van der Waals surface area contributed by atoms with E-state index < -0.39 is 0 Å². The summed E-state index contributed by atoms with van der Waals surface area (Å²) in [5.74, 6) is 1.39. The minimum atomic E-state index is 0.348. The number of benzene rings is 2. The fourth-order valence-corrected chi connectivity index (χ4v) is 2.29. The Morgan fingerprint density at radius 3 is 2.60 bits per heavy atom. The zero-order valence-electron chi connectivity index (χ0n) is 13.7. The number of nitrogens with two attached hydrogens (primary N) is 1. The molecule has 0 unspecified atom stereocenters. The lowest BCUT2D eigenvalue weighted by Gasteiger charge is -2.05. The van der Waals surface area contributed by atoms with Crippen molar-refractivity contribution in [2.45, 2.75) is 13.3 Å². The molecular formula is C18H18ClN5O. The van der Waals surface area contributed by atoms with Crippen LogP contribution < -0.4 is 11.1 Å². The number of hydrogen-bond donors (Lipinski definition) is 2. The quantitative estimate of drug-likeness (QED) is 0.538. The second-order valence-corrected chi connectivity index (χ2v) is 5.96. The fraction of sp³-hybridized carbons (Fsp3) is 0.167. The van der Waals surface area contributed by atoms with Crippen molar-refractivity contribution >= 4 is 23.2 Å². The molecule has 0 radical (unpaired) electrons. The first-order valence-corrected chi connectivity index (χ1v) is 8.20. The maximum absolute atomic E-state index is 5.88. The number of aromatic nitrogens is 2. The maximum atomic E-state index is 5.88. The highest BCUT2D eigenvalue weighted by Crippen LogP contribution is 2.18. The number of guanidine groups is 1. The van der Waals surface area contributed by atoms with E-state index in [9.17, 15) is 0 Å². The third-order valence-electron chi connectivity index (χ3n) is 3.50. The van der Waals surface area contributed by atoms with Crippen molar-refractivity contribution < 1.29 is 4.52 Å². The number of rotatable bonds is 5. The van der Waals surface area contributed by atoms with Gasteiger partial charge in [0.25, 0.3) is 0 Å². The lowest BCUT2D eigenvalue weighted by atomic mass is 10.2. The van der Waals surface area contributed by atoms with Crippen LogP contribution in [0.1, 0.15) is 11.5 Å². The molecule has 0 fully saturated rings. The summed E-state index contributed by atoms with van der Waals surface area (Å²) < 4.78 is 5.24. The van der Waals surface area contributed by atoms with Crippen LogP contribution in [-0.4, -0.2) is 22.6 Å². The first kappa shape index (κ1) is 17.0. The van der Waals surface area contributed by atoms with Crippen molar-refractivity contribution in [2.24, 2.45) is 10.7 Å². The van der Waals surface area contributed by atoms with E-state index in [1.165, 1.54) is 5.56 Å². The van der Waals surface area contributed by atoms with Crippen LogP contribution in [0.4, 0.5) is 5.69 Å². The van der Waals surface area contributed by atoms with Crippen molar-refractivity contribution in [2.75, 3.05) is 11.9 Å². The first-order valence-electron chi connectivity index (χ1n) is 7.82. The third kappa shape index (κ3) is 4.81. The summed E-state index contributed by atoms with van der Waals surface area (Å²) in [7, 11) is 0. The van der Waals surface area contributed by atoms with Gasteiger partial charge < -0.3 is 15.6 Å². The second kappa shape index (κ2) is 7.81. The molecule has 3 rings (SSSR count). The van der Waals surface area contributed by atoms with Crippen molar-refractivity contribution in [3.05, 3.63) is 65.0 Å². The van der Waals surface area contributed by atoms with E-state index in [1.54, 1.807) is 12.1 Å². The number of nitrogens with one attached hydrogen (secondary N) is 1. The minimum Gasteiger partial charge on any atom is -0.370 e. The number of halogens is 1. The van der Waals surface area contributed by atoms with Gasteiger partial charge in [0.05, 0.1) is 6.54 Å². The second-order valence-electron chi connectivity index (χ2n) is 5.53. The molecular weight excluding hydrogens is 338 g/mol. The van der Waals surface area contributed by atoms with Crippen molar-refractivity contribution in [3.63, 3.8) is 0 Å². The number of hydrogen-bond acceptors (Lipinski definition) is 4. The van der Waals surface area contributed by atoms with Gasteiger partial charge in [-0.25, -0.2) is 0 Å². The van der Waals surface area contributed by atoms with E-state index in [0.29, 0.717) is 35.7 Å². The average molecular weight is 356 g/mol. The van der Waals surface area contributed by atoms with Crippen LogP contribution in [0.2, 0.25) is 5.02 Å². The average Bonchev–Trinajstić information content (AvgIpc) is 3.06. The van der Waals surface area contributed by atoms with E-state index in [2.05, 4.69) is 20.4 Å². The Morgan fingerprint density at radius 2 is 1.88 bits per heavy atom. The van der Waals surface area contributed by atoms with Gasteiger partial charge in [0.1, 0.15) is 0 Å². The topological polar surface area (TPSA) is 89.3 Å². The van der Waals surface area contributed by atoms with Crippen LogP contribution in [0.15, 0.2) is 58.0 Å². The largest absolute Gasteiger partial charge is 0.370 e. The standard InChI is InChI=1S/C18H18ClN5O/c1-12-2-8-15(9-3-12)22-18(20)21-11-10-16-23-17(24-25-16)13-4-6-14(19)7-5-13/h2-9H,10-11H2,1H3,(H3,20,21,22). The van der Waals surface area contributed by atoms with Gasteiger partial charge >= 0.3 is 0 Å². The third-order valence-corrected chi connectivity index (χ3v) is 3.75. The Morgan fingerprint density at radius 1 is 1.16 bits per heavy atom. The number of anilines is 1. The normalized spacial score (nSPS) is 11.5. The summed E-state index contributed by atoms with van der Waals surface area (Å²) in [6.45, 7) is 2.48. The van der Waals surface area contributed by atoms with Gasteiger partial charge in [-0.2, -0.15) is 4.98 Å². The van der Waals surface area contributed by atoms with Gasteiger partial charge in [-0.05, 0) is 43.3 Å². The molecule has 0 saturated heterocycles. The number of aliphatic imine (C=N–C) groups is 1. The van der Waals surface area contributed by atoms with Gasteiger partial charge in [-0.1, -0.05) is 34.5 Å². The molecule has 6 nitrogen and oxygen atoms in total. The molecule has 7 heteroatoms.